The number of nitrogens with zero attached hydrogens (tertiary/aromatic N) is 4. The van der Waals surface area contributed by atoms with Crippen LogP contribution in [0.1, 0.15) is 28.7 Å². The Morgan fingerprint density at radius 1 is 1.25 bits per heavy atom. The summed E-state index contributed by atoms with van der Waals surface area (Å²) < 4.78 is 37.8. The number of anilines is 1. The van der Waals surface area contributed by atoms with Crippen molar-refractivity contribution in [2.75, 3.05) is 31.1 Å². The lowest BCUT2D eigenvalue weighted by Gasteiger charge is -2.35. The zero-order valence-corrected chi connectivity index (χ0v) is 15.1. The average molecular weight is 396 g/mol. The van der Waals surface area contributed by atoms with Gasteiger partial charge in [0.2, 0.25) is 5.91 Å². The Labute approximate surface area is 158 Å². The van der Waals surface area contributed by atoms with Crippen LogP contribution < -0.4 is 10.2 Å². The predicted octanol–water partition coefficient (Wildman–Crippen LogP) is 1.42. The second-order valence-electron chi connectivity index (χ2n) is 6.33. The van der Waals surface area contributed by atoms with Gasteiger partial charge in [0, 0.05) is 57.5 Å². The first-order chi connectivity index (χ1) is 13.3. The number of H-pyrrole nitrogens is 1. The number of carbonyl (C=O) groups is 2. The number of pyridine rings is 1. The van der Waals surface area contributed by atoms with Crippen molar-refractivity contribution in [2.45, 2.75) is 19.6 Å². The van der Waals surface area contributed by atoms with Gasteiger partial charge in [-0.2, -0.15) is 18.3 Å². The number of aromatic amines is 1. The zero-order valence-electron chi connectivity index (χ0n) is 15.1. The predicted molar refractivity (Wildman–Crippen MR) is 93.5 cm³/mol. The lowest BCUT2D eigenvalue weighted by molar-refractivity contribution is -0.141. The molecule has 11 heteroatoms. The summed E-state index contributed by atoms with van der Waals surface area (Å²) in [4.78, 5) is 31.7. The molecule has 0 aromatic carbocycles. The minimum atomic E-state index is -4.59. The van der Waals surface area contributed by atoms with Crippen molar-refractivity contribution >= 4 is 17.6 Å². The molecule has 0 unspecified atom stereocenters. The molecular weight excluding hydrogens is 377 g/mol. The van der Waals surface area contributed by atoms with Gasteiger partial charge >= 0.3 is 6.18 Å². The van der Waals surface area contributed by atoms with Gasteiger partial charge < -0.3 is 15.1 Å². The smallest absolute Gasteiger partial charge is 0.353 e. The van der Waals surface area contributed by atoms with Crippen molar-refractivity contribution in [3.05, 3.63) is 41.3 Å². The largest absolute Gasteiger partial charge is 0.432 e. The number of hydrogen-bond donors (Lipinski definition) is 2. The normalized spacial score (nSPS) is 14.9. The number of hydrogen-bond acceptors (Lipinski definition) is 5. The van der Waals surface area contributed by atoms with Crippen LogP contribution in [0.4, 0.5) is 19.0 Å². The third-order valence-corrected chi connectivity index (χ3v) is 4.45. The average Bonchev–Trinajstić information content (AvgIpc) is 3.17. The summed E-state index contributed by atoms with van der Waals surface area (Å²) in [5.74, 6) is -0.0302. The Morgan fingerprint density at radius 3 is 2.57 bits per heavy atom. The molecule has 0 aliphatic carbocycles. The van der Waals surface area contributed by atoms with Crippen molar-refractivity contribution in [1.29, 1.82) is 0 Å². The highest BCUT2D eigenvalue weighted by Gasteiger charge is 2.33. The molecule has 1 saturated heterocycles. The molecule has 3 heterocycles. The molecule has 1 aliphatic rings. The van der Waals surface area contributed by atoms with Gasteiger partial charge in [0.05, 0.1) is 0 Å². The van der Waals surface area contributed by atoms with E-state index in [1.807, 2.05) is 10.00 Å². The van der Waals surface area contributed by atoms with E-state index in [1.165, 1.54) is 6.92 Å². The first kappa shape index (κ1) is 19.6. The maximum Gasteiger partial charge on any atom is 0.432 e. The van der Waals surface area contributed by atoms with Crippen molar-refractivity contribution in [3.63, 3.8) is 0 Å². The number of piperazine rings is 1. The van der Waals surface area contributed by atoms with Gasteiger partial charge in [-0.15, -0.1) is 0 Å². The lowest BCUT2D eigenvalue weighted by atomic mass is 10.2. The number of amides is 2. The standard InChI is InChI=1S/C17H19F3N6O2/c1-11(27)25-5-7-26(8-6-25)15-12(3-2-4-21-15)10-22-16(28)13-9-14(24-23-13)17(18,19)20/h2-4,9H,5-8,10H2,1H3,(H,22,28)(H,23,24). The van der Waals surface area contributed by atoms with Crippen LogP contribution in [0.25, 0.3) is 0 Å². The number of halogens is 3. The first-order valence-electron chi connectivity index (χ1n) is 8.61. The molecule has 8 nitrogen and oxygen atoms in total. The van der Waals surface area contributed by atoms with Crippen LogP contribution in [0, 0.1) is 0 Å². The summed E-state index contributed by atoms with van der Waals surface area (Å²) in [6, 6.07) is 4.17. The van der Waals surface area contributed by atoms with Crippen molar-refractivity contribution < 1.29 is 22.8 Å². The van der Waals surface area contributed by atoms with Gasteiger partial charge in [0.15, 0.2) is 5.69 Å². The van der Waals surface area contributed by atoms with Gasteiger partial charge in [-0.25, -0.2) is 4.98 Å². The number of aromatic nitrogens is 3. The Hall–Kier alpha value is -3.11. The number of alkyl halides is 3. The van der Waals surface area contributed by atoms with Gasteiger partial charge in [0.25, 0.3) is 5.91 Å². The second kappa shape index (κ2) is 7.87. The Bertz CT molecular complexity index is 859. The molecule has 1 aliphatic heterocycles. The van der Waals surface area contributed by atoms with Crippen LogP contribution in [0.15, 0.2) is 24.4 Å². The van der Waals surface area contributed by atoms with Crippen molar-refractivity contribution in [1.82, 2.24) is 25.4 Å². The van der Waals surface area contributed by atoms with Gasteiger partial charge in [0.1, 0.15) is 11.5 Å². The number of carbonyl (C=O) groups excluding carboxylic acids is 2. The lowest BCUT2D eigenvalue weighted by Crippen LogP contribution is -2.48. The third-order valence-electron chi connectivity index (χ3n) is 4.45. The first-order valence-corrected chi connectivity index (χ1v) is 8.61. The molecule has 2 amide bonds. The summed E-state index contributed by atoms with van der Waals surface area (Å²) in [5.41, 5.74) is -0.699. The minimum Gasteiger partial charge on any atom is -0.353 e. The fraction of sp³-hybridized carbons (Fsp3) is 0.412. The second-order valence-corrected chi connectivity index (χ2v) is 6.33. The highest BCUT2D eigenvalue weighted by molar-refractivity contribution is 5.92. The number of rotatable bonds is 4. The SMILES string of the molecule is CC(=O)N1CCN(c2ncccc2CNC(=O)c2cc(C(F)(F)F)[nH]n2)CC1. The van der Waals surface area contributed by atoms with E-state index in [2.05, 4.69) is 15.4 Å². The molecule has 0 spiro atoms. The molecule has 2 aromatic rings. The van der Waals surface area contributed by atoms with E-state index in [9.17, 15) is 22.8 Å². The summed E-state index contributed by atoms with van der Waals surface area (Å²) in [7, 11) is 0. The highest BCUT2D eigenvalue weighted by Crippen LogP contribution is 2.27. The highest BCUT2D eigenvalue weighted by atomic mass is 19.4. The molecular formula is C17H19F3N6O2. The fourth-order valence-corrected chi connectivity index (χ4v) is 2.94. The molecule has 0 radical (unpaired) electrons. The van der Waals surface area contributed by atoms with Gasteiger partial charge in [-0.05, 0) is 6.07 Å². The fourth-order valence-electron chi connectivity index (χ4n) is 2.94. The molecule has 1 fully saturated rings. The molecule has 28 heavy (non-hydrogen) atoms. The van der Waals surface area contributed by atoms with E-state index in [0.29, 0.717) is 38.1 Å². The van der Waals surface area contributed by atoms with E-state index in [0.717, 1.165) is 5.56 Å². The van der Waals surface area contributed by atoms with E-state index >= 15 is 0 Å². The molecule has 0 bridgehead atoms. The Kier molecular flexibility index (Phi) is 5.52. The van der Waals surface area contributed by atoms with Crippen LogP contribution in [-0.2, 0) is 17.5 Å². The topological polar surface area (TPSA) is 94.2 Å². The molecule has 3 rings (SSSR count). The van der Waals surface area contributed by atoms with Gasteiger partial charge in [-0.3, -0.25) is 14.7 Å². The monoisotopic (exact) mass is 396 g/mol. The molecule has 2 N–H and O–H groups in total. The van der Waals surface area contributed by atoms with E-state index in [4.69, 9.17) is 0 Å². The quantitative estimate of drug-likeness (QED) is 0.815. The number of nitrogens with one attached hydrogen (secondary N) is 2. The minimum absolute atomic E-state index is 0.0189. The van der Waals surface area contributed by atoms with Crippen LogP contribution in [0.2, 0.25) is 0 Å². The van der Waals surface area contributed by atoms with Crippen molar-refractivity contribution in [2.24, 2.45) is 0 Å². The third kappa shape index (κ3) is 4.41. The van der Waals surface area contributed by atoms with E-state index in [-0.39, 0.29) is 18.1 Å². The van der Waals surface area contributed by atoms with E-state index < -0.39 is 17.8 Å². The van der Waals surface area contributed by atoms with E-state index in [1.54, 1.807) is 23.2 Å². The van der Waals surface area contributed by atoms with Crippen LogP contribution in [0.3, 0.4) is 0 Å². The maximum atomic E-state index is 12.6. The van der Waals surface area contributed by atoms with Crippen LogP contribution in [-0.4, -0.2) is 58.1 Å². The van der Waals surface area contributed by atoms with Crippen LogP contribution >= 0.6 is 0 Å². The summed E-state index contributed by atoms with van der Waals surface area (Å²) in [5, 5.41) is 7.79. The zero-order chi connectivity index (χ0) is 20.3. The maximum absolute atomic E-state index is 12.6. The molecule has 2 aromatic heterocycles. The van der Waals surface area contributed by atoms with Crippen LogP contribution in [0.5, 0.6) is 0 Å². The molecule has 150 valence electrons. The Balaban J connectivity index is 1.65. The molecule has 0 saturated carbocycles. The summed E-state index contributed by atoms with van der Waals surface area (Å²) >= 11 is 0. The molecule has 0 atom stereocenters. The Morgan fingerprint density at radius 2 is 1.96 bits per heavy atom. The summed E-state index contributed by atoms with van der Waals surface area (Å²) in [6.07, 6.45) is -2.97. The summed E-state index contributed by atoms with van der Waals surface area (Å²) in [6.45, 7) is 3.97. The van der Waals surface area contributed by atoms with Crippen molar-refractivity contribution in [3.8, 4) is 0 Å². The van der Waals surface area contributed by atoms with Gasteiger partial charge in [-0.1, -0.05) is 6.07 Å².